The Morgan fingerprint density at radius 2 is 1.80 bits per heavy atom. The number of hydrogen-bond donors (Lipinski definition) is 1. The maximum absolute atomic E-state index is 13.9. The Bertz CT molecular complexity index is 643. The molecular formula is C15H13ClF3N. The Morgan fingerprint density at radius 3 is 2.45 bits per heavy atom. The van der Waals surface area contributed by atoms with E-state index in [1.54, 1.807) is 13.8 Å². The summed E-state index contributed by atoms with van der Waals surface area (Å²) in [6.45, 7) is 3.25. The molecule has 0 aliphatic carbocycles. The first-order valence-electron chi connectivity index (χ1n) is 6.06. The molecule has 20 heavy (non-hydrogen) atoms. The van der Waals surface area contributed by atoms with Crippen LogP contribution in [0.5, 0.6) is 0 Å². The summed E-state index contributed by atoms with van der Waals surface area (Å²) in [5, 5.41) is 2.95. The van der Waals surface area contributed by atoms with Crippen molar-refractivity contribution in [3.05, 3.63) is 63.9 Å². The summed E-state index contributed by atoms with van der Waals surface area (Å²) in [4.78, 5) is 0. The minimum atomic E-state index is -0.682. The van der Waals surface area contributed by atoms with E-state index < -0.39 is 23.5 Å². The summed E-state index contributed by atoms with van der Waals surface area (Å²) < 4.78 is 40.6. The molecule has 0 heterocycles. The van der Waals surface area contributed by atoms with Crippen LogP contribution >= 0.6 is 11.6 Å². The molecule has 2 rings (SSSR count). The van der Waals surface area contributed by atoms with Gasteiger partial charge in [0, 0.05) is 5.02 Å². The van der Waals surface area contributed by atoms with E-state index in [2.05, 4.69) is 5.32 Å². The molecule has 0 amide bonds. The summed E-state index contributed by atoms with van der Waals surface area (Å²) in [6.07, 6.45) is 0. The predicted molar refractivity (Wildman–Crippen MR) is 74.5 cm³/mol. The van der Waals surface area contributed by atoms with Crippen LogP contribution in [-0.2, 0) is 0 Å². The molecule has 0 saturated carbocycles. The highest BCUT2D eigenvalue weighted by Crippen LogP contribution is 2.29. The lowest BCUT2D eigenvalue weighted by atomic mass is 10.1. The number of halogens is 4. The van der Waals surface area contributed by atoms with E-state index in [-0.39, 0.29) is 10.7 Å². The van der Waals surface area contributed by atoms with E-state index in [0.29, 0.717) is 11.1 Å². The number of anilines is 1. The van der Waals surface area contributed by atoms with Crippen molar-refractivity contribution in [2.24, 2.45) is 0 Å². The maximum Gasteiger partial charge on any atom is 0.152 e. The van der Waals surface area contributed by atoms with Crippen LogP contribution in [0.25, 0.3) is 0 Å². The normalized spacial score (nSPS) is 12.3. The van der Waals surface area contributed by atoms with Crippen LogP contribution in [0.4, 0.5) is 18.9 Å². The quantitative estimate of drug-likeness (QED) is 0.817. The monoisotopic (exact) mass is 299 g/mol. The Labute approximate surface area is 120 Å². The van der Waals surface area contributed by atoms with Gasteiger partial charge in [0.1, 0.15) is 17.3 Å². The fourth-order valence-electron chi connectivity index (χ4n) is 1.94. The molecule has 106 valence electrons. The highest BCUT2D eigenvalue weighted by atomic mass is 35.5. The molecule has 0 spiro atoms. The molecule has 2 aromatic carbocycles. The van der Waals surface area contributed by atoms with Crippen LogP contribution in [0.1, 0.15) is 24.1 Å². The Morgan fingerprint density at radius 1 is 1.10 bits per heavy atom. The lowest BCUT2D eigenvalue weighted by Gasteiger charge is -2.18. The summed E-state index contributed by atoms with van der Waals surface area (Å²) >= 11 is 5.93. The molecule has 2 aromatic rings. The summed E-state index contributed by atoms with van der Waals surface area (Å²) in [6, 6.07) is 6.00. The molecule has 5 heteroatoms. The van der Waals surface area contributed by atoms with E-state index >= 15 is 0 Å². The number of hydrogen-bond acceptors (Lipinski definition) is 1. The Balaban J connectivity index is 2.32. The standard InChI is InChI=1S/C15H13ClF3N/c1-8-3-6-13(18)15(14(8)19)20-9(2)11-5-4-10(17)7-12(11)16/h3-7,9,20H,1-2H3. The van der Waals surface area contributed by atoms with Gasteiger partial charge in [-0.25, -0.2) is 13.2 Å². The molecule has 1 N–H and O–H groups in total. The van der Waals surface area contributed by atoms with Gasteiger partial charge in [-0.15, -0.1) is 0 Å². The molecule has 0 aliphatic rings. The van der Waals surface area contributed by atoms with E-state index in [1.807, 2.05) is 0 Å². The van der Waals surface area contributed by atoms with E-state index in [4.69, 9.17) is 11.6 Å². The average molecular weight is 300 g/mol. The fourth-order valence-corrected chi connectivity index (χ4v) is 2.27. The van der Waals surface area contributed by atoms with Gasteiger partial charge in [-0.2, -0.15) is 0 Å². The molecule has 0 aromatic heterocycles. The highest BCUT2D eigenvalue weighted by molar-refractivity contribution is 6.31. The summed E-state index contributed by atoms with van der Waals surface area (Å²) in [7, 11) is 0. The molecule has 1 nitrogen and oxygen atoms in total. The van der Waals surface area contributed by atoms with Gasteiger partial charge < -0.3 is 5.32 Å². The second-order valence-electron chi connectivity index (χ2n) is 4.59. The average Bonchev–Trinajstić information content (AvgIpc) is 2.39. The summed E-state index contributed by atoms with van der Waals surface area (Å²) in [5.41, 5.74) is 0.692. The van der Waals surface area contributed by atoms with Crippen molar-refractivity contribution in [3.63, 3.8) is 0 Å². The van der Waals surface area contributed by atoms with Crippen LogP contribution in [0.2, 0.25) is 5.02 Å². The largest absolute Gasteiger partial charge is 0.374 e. The Kier molecular flexibility index (Phi) is 4.23. The van der Waals surface area contributed by atoms with Crippen molar-refractivity contribution in [1.82, 2.24) is 0 Å². The van der Waals surface area contributed by atoms with Crippen LogP contribution in [0, 0.1) is 24.4 Å². The minimum absolute atomic E-state index is 0.207. The van der Waals surface area contributed by atoms with Crippen molar-refractivity contribution >= 4 is 17.3 Å². The molecule has 0 saturated heterocycles. The van der Waals surface area contributed by atoms with Crippen LogP contribution in [0.15, 0.2) is 30.3 Å². The molecule has 0 aliphatic heterocycles. The Hall–Kier alpha value is -1.68. The first-order valence-corrected chi connectivity index (χ1v) is 6.44. The zero-order chi connectivity index (χ0) is 14.9. The van der Waals surface area contributed by atoms with Crippen molar-refractivity contribution in [2.75, 3.05) is 5.32 Å². The van der Waals surface area contributed by atoms with Gasteiger partial charge in [0.25, 0.3) is 0 Å². The van der Waals surface area contributed by atoms with Crippen molar-refractivity contribution in [3.8, 4) is 0 Å². The van der Waals surface area contributed by atoms with E-state index in [0.717, 1.165) is 6.07 Å². The second kappa shape index (κ2) is 5.75. The molecule has 0 fully saturated rings. The minimum Gasteiger partial charge on any atom is -0.374 e. The van der Waals surface area contributed by atoms with Crippen molar-refractivity contribution < 1.29 is 13.2 Å². The van der Waals surface area contributed by atoms with Gasteiger partial charge in [-0.1, -0.05) is 23.7 Å². The zero-order valence-electron chi connectivity index (χ0n) is 11.0. The number of nitrogens with one attached hydrogen (secondary N) is 1. The lowest BCUT2D eigenvalue weighted by Crippen LogP contribution is -2.11. The van der Waals surface area contributed by atoms with Gasteiger partial charge in [0.2, 0.25) is 0 Å². The van der Waals surface area contributed by atoms with E-state index in [9.17, 15) is 13.2 Å². The highest BCUT2D eigenvalue weighted by Gasteiger charge is 2.16. The fraction of sp³-hybridized carbons (Fsp3) is 0.200. The van der Waals surface area contributed by atoms with Crippen LogP contribution in [-0.4, -0.2) is 0 Å². The number of aryl methyl sites for hydroxylation is 1. The van der Waals surface area contributed by atoms with E-state index in [1.165, 1.54) is 24.3 Å². The van der Waals surface area contributed by atoms with Gasteiger partial charge in [-0.05, 0) is 43.2 Å². The van der Waals surface area contributed by atoms with Gasteiger partial charge in [0.05, 0.1) is 6.04 Å². The van der Waals surface area contributed by atoms with Crippen LogP contribution in [0.3, 0.4) is 0 Å². The number of rotatable bonds is 3. The van der Waals surface area contributed by atoms with Crippen molar-refractivity contribution in [1.29, 1.82) is 0 Å². The van der Waals surface area contributed by atoms with Gasteiger partial charge in [0.15, 0.2) is 5.82 Å². The number of benzene rings is 2. The molecule has 1 atom stereocenters. The maximum atomic E-state index is 13.9. The summed E-state index contributed by atoms with van der Waals surface area (Å²) in [5.74, 6) is -1.79. The molecule has 1 unspecified atom stereocenters. The second-order valence-corrected chi connectivity index (χ2v) is 4.99. The third kappa shape index (κ3) is 2.90. The first-order chi connectivity index (χ1) is 9.40. The topological polar surface area (TPSA) is 12.0 Å². The van der Waals surface area contributed by atoms with Gasteiger partial charge >= 0.3 is 0 Å². The van der Waals surface area contributed by atoms with Crippen LogP contribution < -0.4 is 5.32 Å². The SMILES string of the molecule is Cc1ccc(F)c(NC(C)c2ccc(F)cc2Cl)c1F. The zero-order valence-corrected chi connectivity index (χ0v) is 11.7. The predicted octanol–water partition coefficient (Wildman–Crippen LogP) is 5.24. The molecule has 0 bridgehead atoms. The third-order valence-electron chi connectivity index (χ3n) is 3.07. The third-order valence-corrected chi connectivity index (χ3v) is 3.40. The van der Waals surface area contributed by atoms with Gasteiger partial charge in [-0.3, -0.25) is 0 Å². The lowest BCUT2D eigenvalue weighted by molar-refractivity contribution is 0.578. The molecule has 0 radical (unpaired) electrons. The smallest absolute Gasteiger partial charge is 0.152 e. The first kappa shape index (κ1) is 14.7. The molecular weight excluding hydrogens is 287 g/mol. The van der Waals surface area contributed by atoms with Crippen molar-refractivity contribution in [2.45, 2.75) is 19.9 Å².